The molecule has 6 nitrogen and oxygen atoms in total. The van der Waals surface area contributed by atoms with Crippen LogP contribution in [0.1, 0.15) is 61.9 Å². The highest BCUT2D eigenvalue weighted by Crippen LogP contribution is 2.37. The van der Waals surface area contributed by atoms with Crippen LogP contribution in [0.5, 0.6) is 0 Å². The number of fused-ring (bicyclic) bond motifs is 1. The van der Waals surface area contributed by atoms with E-state index in [0.717, 1.165) is 72.0 Å². The molecule has 2 aromatic rings. The second-order valence-electron chi connectivity index (χ2n) is 13.6. The van der Waals surface area contributed by atoms with E-state index < -0.39 is 8.32 Å². The molecule has 214 valence electrons. The summed E-state index contributed by atoms with van der Waals surface area (Å²) in [7, 11) is -1.87. The minimum absolute atomic E-state index is 0.211. The van der Waals surface area contributed by atoms with E-state index in [0.29, 0.717) is 5.92 Å². The van der Waals surface area contributed by atoms with E-state index in [1.807, 2.05) is 0 Å². The average molecular weight is 550 g/mol. The zero-order chi connectivity index (χ0) is 27.5. The van der Waals surface area contributed by atoms with Gasteiger partial charge < -0.3 is 9.74 Å². The number of hydrogen-bond acceptors (Lipinski definition) is 6. The van der Waals surface area contributed by atoms with Crippen LogP contribution in [0.3, 0.4) is 0 Å². The van der Waals surface area contributed by atoms with Gasteiger partial charge >= 0.3 is 0 Å². The summed E-state index contributed by atoms with van der Waals surface area (Å²) in [5, 5.41) is 3.68. The van der Waals surface area contributed by atoms with Crippen LogP contribution in [0.2, 0.25) is 18.1 Å². The van der Waals surface area contributed by atoms with Crippen molar-refractivity contribution in [3.63, 3.8) is 0 Å². The second-order valence-corrected chi connectivity index (χ2v) is 18.4. The predicted octanol–water partition coefficient (Wildman–Crippen LogP) is 5.07. The molecule has 5 rings (SSSR count). The van der Waals surface area contributed by atoms with E-state index in [1.54, 1.807) is 0 Å². The van der Waals surface area contributed by atoms with Gasteiger partial charge in [-0.2, -0.15) is 0 Å². The zero-order valence-corrected chi connectivity index (χ0v) is 26.1. The molecule has 0 bridgehead atoms. The largest absolute Gasteiger partial charge is 0.411 e. The van der Waals surface area contributed by atoms with Gasteiger partial charge in [0.15, 0.2) is 8.32 Å². The van der Waals surface area contributed by atoms with Crippen LogP contribution in [0.15, 0.2) is 42.6 Å². The molecular formula is C32H51N5OSi. The van der Waals surface area contributed by atoms with Gasteiger partial charge in [0.2, 0.25) is 0 Å². The number of rotatable bonds is 9. The average Bonchev–Trinajstić information content (AvgIpc) is 3.35. The first-order valence-corrected chi connectivity index (χ1v) is 18.1. The van der Waals surface area contributed by atoms with Crippen LogP contribution < -0.4 is 5.32 Å². The number of piperidine rings is 1. The van der Waals surface area contributed by atoms with Crippen molar-refractivity contribution >= 4 is 8.32 Å². The Morgan fingerprint density at radius 3 is 2.38 bits per heavy atom. The molecule has 0 unspecified atom stereocenters. The summed E-state index contributed by atoms with van der Waals surface area (Å²) in [4.78, 5) is 12.7. The lowest BCUT2D eigenvalue weighted by Crippen LogP contribution is -2.51. The molecular weight excluding hydrogens is 498 g/mol. The van der Waals surface area contributed by atoms with Crippen molar-refractivity contribution in [3.05, 3.63) is 65.0 Å². The standard InChI is InChI=1S/C32H51N5OSi/c1-32(2,3)39(4,5)38-31(23-35-17-14-26-8-6-7-9-29(26)21-35)24-37-19-18-36(25-37)22-30-11-10-28(20-34-30)27-12-15-33-16-13-27/h6-11,20,27,31,33H,12-19,21-25H2,1-5H3/t31-/m1/s1. The summed E-state index contributed by atoms with van der Waals surface area (Å²) in [6.07, 6.45) is 5.97. The molecule has 0 aliphatic carbocycles. The van der Waals surface area contributed by atoms with Gasteiger partial charge in [0.1, 0.15) is 0 Å². The third kappa shape index (κ3) is 7.57. The molecule has 3 aliphatic rings. The van der Waals surface area contributed by atoms with Crippen molar-refractivity contribution in [2.24, 2.45) is 0 Å². The summed E-state index contributed by atoms with van der Waals surface area (Å²) in [6, 6.07) is 13.5. The number of hydrogen-bond donors (Lipinski definition) is 1. The van der Waals surface area contributed by atoms with Gasteiger partial charge in [-0.25, -0.2) is 0 Å². The Morgan fingerprint density at radius 1 is 0.949 bits per heavy atom. The molecule has 1 N–H and O–H groups in total. The van der Waals surface area contributed by atoms with Crippen molar-refractivity contribution in [1.82, 2.24) is 25.0 Å². The summed E-state index contributed by atoms with van der Waals surface area (Å²) < 4.78 is 7.10. The van der Waals surface area contributed by atoms with Crippen molar-refractivity contribution in [2.75, 3.05) is 52.5 Å². The number of benzene rings is 1. The first kappa shape index (κ1) is 28.9. The van der Waals surface area contributed by atoms with E-state index >= 15 is 0 Å². The first-order chi connectivity index (χ1) is 18.7. The second kappa shape index (κ2) is 12.5. The van der Waals surface area contributed by atoms with E-state index in [2.05, 4.69) is 96.5 Å². The number of pyridine rings is 1. The monoisotopic (exact) mass is 549 g/mol. The van der Waals surface area contributed by atoms with Crippen LogP contribution in [-0.4, -0.2) is 86.6 Å². The number of aromatic nitrogens is 1. The predicted molar refractivity (Wildman–Crippen MR) is 163 cm³/mol. The third-order valence-corrected chi connectivity index (χ3v) is 14.1. The lowest BCUT2D eigenvalue weighted by atomic mass is 9.91. The third-order valence-electron chi connectivity index (χ3n) is 9.58. The van der Waals surface area contributed by atoms with Gasteiger partial charge in [-0.1, -0.05) is 51.1 Å². The lowest BCUT2D eigenvalue weighted by Gasteiger charge is -2.42. The zero-order valence-electron chi connectivity index (χ0n) is 25.1. The Kier molecular flexibility index (Phi) is 9.26. The van der Waals surface area contributed by atoms with Gasteiger partial charge in [-0.05, 0) is 79.2 Å². The van der Waals surface area contributed by atoms with Crippen molar-refractivity contribution < 1.29 is 4.43 Å². The molecule has 1 aromatic heterocycles. The molecule has 0 amide bonds. The maximum absolute atomic E-state index is 7.10. The fourth-order valence-electron chi connectivity index (χ4n) is 6.15. The Labute approximate surface area is 238 Å². The fraction of sp³-hybridized carbons (Fsp3) is 0.656. The van der Waals surface area contributed by atoms with Gasteiger partial charge in [0.25, 0.3) is 0 Å². The van der Waals surface area contributed by atoms with Crippen LogP contribution >= 0.6 is 0 Å². The molecule has 1 atom stereocenters. The molecule has 2 fully saturated rings. The summed E-state index contributed by atoms with van der Waals surface area (Å²) in [5.74, 6) is 0.668. The van der Waals surface area contributed by atoms with Gasteiger partial charge in [0.05, 0.1) is 18.5 Å². The Hall–Kier alpha value is -1.61. The molecule has 3 aliphatic heterocycles. The van der Waals surface area contributed by atoms with E-state index in [9.17, 15) is 0 Å². The normalized spacial score (nSPS) is 21.3. The van der Waals surface area contributed by atoms with Gasteiger partial charge in [0, 0.05) is 52.0 Å². The number of nitrogens with zero attached hydrogens (tertiary/aromatic N) is 4. The maximum atomic E-state index is 7.10. The van der Waals surface area contributed by atoms with E-state index in [-0.39, 0.29) is 11.1 Å². The van der Waals surface area contributed by atoms with Gasteiger partial charge in [-0.15, -0.1) is 0 Å². The van der Waals surface area contributed by atoms with Crippen molar-refractivity contribution in [3.8, 4) is 0 Å². The first-order valence-electron chi connectivity index (χ1n) is 15.2. The highest BCUT2D eigenvalue weighted by Gasteiger charge is 2.40. The fourth-order valence-corrected chi connectivity index (χ4v) is 7.49. The van der Waals surface area contributed by atoms with Gasteiger partial charge in [-0.3, -0.25) is 19.7 Å². The summed E-state index contributed by atoms with van der Waals surface area (Å²) in [6.45, 7) is 22.4. The van der Waals surface area contributed by atoms with E-state index in [4.69, 9.17) is 9.41 Å². The molecule has 0 radical (unpaired) electrons. The summed E-state index contributed by atoms with van der Waals surface area (Å²) >= 11 is 0. The van der Waals surface area contributed by atoms with Crippen LogP contribution in [0.25, 0.3) is 0 Å². The molecule has 39 heavy (non-hydrogen) atoms. The minimum atomic E-state index is -1.87. The quantitative estimate of drug-likeness (QED) is 0.441. The SMILES string of the molecule is CC(C)(C)[Si](C)(C)O[C@H](CN1CCc2ccccc2C1)CN1CCN(Cc2ccc(C3CCNCC3)cn2)C1. The Bertz CT molecular complexity index is 1060. The van der Waals surface area contributed by atoms with Crippen LogP contribution in [0.4, 0.5) is 0 Å². The molecule has 7 heteroatoms. The van der Waals surface area contributed by atoms with Crippen molar-refractivity contribution in [1.29, 1.82) is 0 Å². The molecule has 2 saturated heterocycles. The van der Waals surface area contributed by atoms with Crippen molar-refractivity contribution in [2.45, 2.75) is 83.3 Å². The topological polar surface area (TPSA) is 43.9 Å². The smallest absolute Gasteiger partial charge is 0.192 e. The Balaban J connectivity index is 1.18. The van der Waals surface area contributed by atoms with E-state index in [1.165, 1.54) is 35.2 Å². The molecule has 0 spiro atoms. The maximum Gasteiger partial charge on any atom is 0.192 e. The van der Waals surface area contributed by atoms with Crippen LogP contribution in [0, 0.1) is 0 Å². The van der Waals surface area contributed by atoms with Crippen LogP contribution in [-0.2, 0) is 23.9 Å². The molecule has 4 heterocycles. The summed E-state index contributed by atoms with van der Waals surface area (Å²) in [5.41, 5.74) is 5.61. The Morgan fingerprint density at radius 2 is 1.67 bits per heavy atom. The number of nitrogens with one attached hydrogen (secondary N) is 1. The highest BCUT2D eigenvalue weighted by atomic mass is 28.4. The highest BCUT2D eigenvalue weighted by molar-refractivity contribution is 6.74. The molecule has 0 saturated carbocycles. The minimum Gasteiger partial charge on any atom is -0.411 e. The lowest BCUT2D eigenvalue weighted by molar-refractivity contribution is 0.0775. The molecule has 1 aromatic carbocycles.